The molecule has 2 heterocycles. The summed E-state index contributed by atoms with van der Waals surface area (Å²) in [6.45, 7) is 0. The maximum atomic E-state index is 2.57. The Morgan fingerprint density at radius 1 is 0.171 bits per heavy atom. The topological polar surface area (TPSA) is 0 Å². The van der Waals surface area contributed by atoms with E-state index < -0.39 is 0 Å². The number of thiophene rings is 2. The fourth-order valence-corrected chi connectivity index (χ4v) is 13.9. The van der Waals surface area contributed by atoms with Gasteiger partial charge in [-0.1, -0.05) is 194 Å². The minimum atomic E-state index is 1.21. The van der Waals surface area contributed by atoms with Crippen LogP contribution in [0.4, 0.5) is 0 Å². The molecule has 0 aliphatic heterocycles. The minimum absolute atomic E-state index is 1.21. The van der Waals surface area contributed by atoms with Gasteiger partial charge in [-0.3, -0.25) is 0 Å². The van der Waals surface area contributed by atoms with Crippen LogP contribution in [0.15, 0.2) is 243 Å². The van der Waals surface area contributed by atoms with E-state index >= 15 is 0 Å². The van der Waals surface area contributed by atoms with Crippen molar-refractivity contribution in [2.45, 2.75) is 0 Å². The molecule has 0 fully saturated rings. The molecule has 70 heavy (non-hydrogen) atoms. The van der Waals surface area contributed by atoms with Crippen molar-refractivity contribution in [3.05, 3.63) is 243 Å². The lowest BCUT2D eigenvalue weighted by atomic mass is 9.80. The molecular formula is C68H40S2. The molecule has 0 nitrogen and oxygen atoms in total. The monoisotopic (exact) mass is 920 g/mol. The van der Waals surface area contributed by atoms with Gasteiger partial charge in [0.25, 0.3) is 0 Å². The van der Waals surface area contributed by atoms with Crippen LogP contribution in [-0.2, 0) is 0 Å². The standard InChI is InChI=1S/C68H40S2/c1-3-15-41(16-4-1)45-29-34-55-57(36-45)66(48-31-33-53-51-23-12-14-26-62(51)70-64(53)38-48)60-40-58-56(39-59(60)65(55)47-30-32-52-50-22-11-13-25-61(50)69-63(52)37-47)49-21-9-10-24-54(49)68(67(58)43-18-5-2-6-19-43)46-28-27-42-17-7-8-20-44(42)35-46/h1-40H. The van der Waals surface area contributed by atoms with E-state index in [1.165, 1.54) is 150 Å². The van der Waals surface area contributed by atoms with Crippen molar-refractivity contribution in [2.24, 2.45) is 0 Å². The van der Waals surface area contributed by atoms with Crippen LogP contribution < -0.4 is 0 Å². The third-order valence-corrected chi connectivity index (χ3v) is 17.1. The van der Waals surface area contributed by atoms with E-state index in [-0.39, 0.29) is 0 Å². The highest BCUT2D eigenvalue weighted by Gasteiger charge is 2.24. The predicted molar refractivity (Wildman–Crippen MR) is 307 cm³/mol. The summed E-state index contributed by atoms with van der Waals surface area (Å²) in [6.07, 6.45) is 0. The van der Waals surface area contributed by atoms with Crippen molar-refractivity contribution in [2.75, 3.05) is 0 Å². The average Bonchev–Trinajstić information content (AvgIpc) is 3.99. The van der Waals surface area contributed by atoms with Gasteiger partial charge < -0.3 is 0 Å². The largest absolute Gasteiger partial charge is 0.135 e. The Morgan fingerprint density at radius 2 is 0.586 bits per heavy atom. The quantitative estimate of drug-likeness (QED) is 0.119. The summed E-state index contributed by atoms with van der Waals surface area (Å²) in [7, 11) is 0. The van der Waals surface area contributed by atoms with Crippen LogP contribution in [0, 0.1) is 0 Å². The number of rotatable bonds is 5. The van der Waals surface area contributed by atoms with Crippen LogP contribution in [0.3, 0.4) is 0 Å². The van der Waals surface area contributed by atoms with E-state index in [0.29, 0.717) is 0 Å². The van der Waals surface area contributed by atoms with E-state index in [1.807, 2.05) is 22.7 Å². The molecule has 0 unspecified atom stereocenters. The van der Waals surface area contributed by atoms with Gasteiger partial charge in [-0.2, -0.15) is 0 Å². The first-order valence-electron chi connectivity index (χ1n) is 24.1. The summed E-state index contributed by atoms with van der Waals surface area (Å²) in [5.41, 5.74) is 12.3. The maximum Gasteiger partial charge on any atom is 0.0361 e. The zero-order chi connectivity index (χ0) is 45.9. The van der Waals surface area contributed by atoms with Gasteiger partial charge in [0.05, 0.1) is 0 Å². The zero-order valence-electron chi connectivity index (χ0n) is 37.9. The molecule has 324 valence electrons. The summed E-state index contributed by atoms with van der Waals surface area (Å²) < 4.78 is 5.23. The fraction of sp³-hybridized carbons (Fsp3) is 0. The van der Waals surface area contributed by atoms with E-state index in [0.717, 1.165) is 0 Å². The highest BCUT2D eigenvalue weighted by Crippen LogP contribution is 2.52. The maximum absolute atomic E-state index is 2.57. The Bertz CT molecular complexity index is 4630. The van der Waals surface area contributed by atoms with Crippen molar-refractivity contribution >= 4 is 117 Å². The molecule has 0 amide bonds. The van der Waals surface area contributed by atoms with Gasteiger partial charge in [-0.05, 0) is 158 Å². The molecular weight excluding hydrogens is 881 g/mol. The van der Waals surface area contributed by atoms with Crippen molar-refractivity contribution in [1.82, 2.24) is 0 Å². The van der Waals surface area contributed by atoms with Gasteiger partial charge in [0, 0.05) is 40.3 Å². The van der Waals surface area contributed by atoms with Crippen molar-refractivity contribution in [3.8, 4) is 55.6 Å². The molecule has 15 aromatic rings. The van der Waals surface area contributed by atoms with Crippen LogP contribution in [0.2, 0.25) is 0 Å². The molecule has 15 rings (SSSR count). The third-order valence-electron chi connectivity index (χ3n) is 14.8. The van der Waals surface area contributed by atoms with Gasteiger partial charge in [0.1, 0.15) is 0 Å². The van der Waals surface area contributed by atoms with Crippen LogP contribution in [0.5, 0.6) is 0 Å². The normalized spacial score (nSPS) is 12.0. The Kier molecular flexibility index (Phi) is 8.80. The Morgan fingerprint density at radius 3 is 1.26 bits per heavy atom. The molecule has 0 saturated carbocycles. The molecule has 2 aromatic heterocycles. The van der Waals surface area contributed by atoms with Crippen LogP contribution in [0.1, 0.15) is 0 Å². The minimum Gasteiger partial charge on any atom is -0.135 e. The zero-order valence-corrected chi connectivity index (χ0v) is 39.5. The van der Waals surface area contributed by atoms with Gasteiger partial charge in [0.15, 0.2) is 0 Å². The molecule has 0 aliphatic rings. The molecule has 0 aliphatic carbocycles. The van der Waals surface area contributed by atoms with Gasteiger partial charge >= 0.3 is 0 Å². The summed E-state index contributed by atoms with van der Waals surface area (Å²) in [6, 6.07) is 91.3. The van der Waals surface area contributed by atoms with Gasteiger partial charge in [-0.15, -0.1) is 22.7 Å². The number of hydrogen-bond acceptors (Lipinski definition) is 2. The Labute approximate surface area is 412 Å². The summed E-state index contributed by atoms with van der Waals surface area (Å²) in [4.78, 5) is 0. The van der Waals surface area contributed by atoms with Crippen LogP contribution in [0.25, 0.3) is 150 Å². The highest BCUT2D eigenvalue weighted by atomic mass is 32.1. The Hall–Kier alpha value is -8.40. The first-order chi connectivity index (χ1) is 34.7. The van der Waals surface area contributed by atoms with Crippen molar-refractivity contribution in [1.29, 1.82) is 0 Å². The molecule has 2 heteroatoms. The summed E-state index contributed by atoms with van der Waals surface area (Å²) >= 11 is 3.78. The molecule has 0 saturated heterocycles. The lowest BCUT2D eigenvalue weighted by molar-refractivity contribution is 1.64. The SMILES string of the molecule is c1ccc(-c2ccc3c(-c4ccc5c(c4)sc4ccccc45)c4cc5c(cc4c(-c4ccc6c(c4)sc4ccccc46)c3c2)c(-c2ccccc2)c(-c2ccc3ccccc3c2)c2ccccc25)cc1. The van der Waals surface area contributed by atoms with Gasteiger partial charge in [0.2, 0.25) is 0 Å². The van der Waals surface area contributed by atoms with E-state index in [4.69, 9.17) is 0 Å². The second-order valence-corrected chi connectivity index (χ2v) is 20.8. The van der Waals surface area contributed by atoms with Crippen molar-refractivity contribution in [3.63, 3.8) is 0 Å². The predicted octanol–water partition coefficient (Wildman–Crippen LogP) is 20.5. The second-order valence-electron chi connectivity index (χ2n) is 18.7. The number of hydrogen-bond donors (Lipinski definition) is 0. The lowest BCUT2D eigenvalue weighted by Gasteiger charge is -2.23. The highest BCUT2D eigenvalue weighted by molar-refractivity contribution is 7.26. The van der Waals surface area contributed by atoms with Crippen LogP contribution in [-0.4, -0.2) is 0 Å². The van der Waals surface area contributed by atoms with Crippen LogP contribution >= 0.6 is 22.7 Å². The average molecular weight is 921 g/mol. The molecule has 13 aromatic carbocycles. The molecule has 0 atom stereocenters. The smallest absolute Gasteiger partial charge is 0.0361 e. The number of fused-ring (bicyclic) bond motifs is 12. The Balaban J connectivity index is 1.15. The van der Waals surface area contributed by atoms with E-state index in [9.17, 15) is 0 Å². The molecule has 0 radical (unpaired) electrons. The molecule has 0 N–H and O–H groups in total. The second kappa shape index (κ2) is 15.6. The van der Waals surface area contributed by atoms with E-state index in [1.54, 1.807) is 0 Å². The molecule has 0 spiro atoms. The fourth-order valence-electron chi connectivity index (χ4n) is 11.7. The summed E-state index contributed by atoms with van der Waals surface area (Å²) in [5, 5.41) is 17.7. The summed E-state index contributed by atoms with van der Waals surface area (Å²) in [5.74, 6) is 0. The third kappa shape index (κ3) is 6.07. The van der Waals surface area contributed by atoms with E-state index in [2.05, 4.69) is 243 Å². The first-order valence-corrected chi connectivity index (χ1v) is 25.7. The first kappa shape index (κ1) is 39.6. The van der Waals surface area contributed by atoms with Gasteiger partial charge in [-0.25, -0.2) is 0 Å². The van der Waals surface area contributed by atoms with Crippen molar-refractivity contribution < 1.29 is 0 Å². The lowest BCUT2D eigenvalue weighted by Crippen LogP contribution is -1.95. The molecule has 0 bridgehead atoms. The number of benzene rings is 13.